The molecule has 1 aromatic heterocycles. The molecule has 2 aromatic carbocycles. The Morgan fingerprint density at radius 3 is 2.50 bits per heavy atom. The van der Waals surface area contributed by atoms with Crippen molar-refractivity contribution in [2.45, 2.75) is 71.0 Å². The second-order valence-electron chi connectivity index (χ2n) is 9.36. The van der Waals surface area contributed by atoms with Crippen LogP contribution in [-0.4, -0.2) is 27.0 Å². The van der Waals surface area contributed by atoms with E-state index in [4.69, 9.17) is 11.6 Å². The van der Waals surface area contributed by atoms with E-state index < -0.39 is 17.2 Å². The minimum atomic E-state index is -0.550. The van der Waals surface area contributed by atoms with Gasteiger partial charge in [0.2, 0.25) is 11.8 Å². The van der Waals surface area contributed by atoms with Crippen LogP contribution in [0.5, 0.6) is 0 Å². The van der Waals surface area contributed by atoms with E-state index in [1.165, 1.54) is 4.57 Å². The molecule has 0 atom stereocenters. The average molecular weight is 511 g/mol. The molecular formula is C27H31ClN4O4. The molecule has 1 aliphatic rings. The van der Waals surface area contributed by atoms with Crippen LogP contribution in [0.3, 0.4) is 0 Å². The van der Waals surface area contributed by atoms with Crippen LogP contribution in [0.4, 0.5) is 5.69 Å². The molecule has 9 heteroatoms. The van der Waals surface area contributed by atoms with Gasteiger partial charge < -0.3 is 10.6 Å². The Labute approximate surface area is 214 Å². The summed E-state index contributed by atoms with van der Waals surface area (Å²) in [6.07, 6.45) is 5.78. The van der Waals surface area contributed by atoms with E-state index in [2.05, 4.69) is 10.6 Å². The topological polar surface area (TPSA) is 102 Å². The minimum Gasteiger partial charge on any atom is -0.353 e. The molecule has 0 bridgehead atoms. The number of aryl methyl sites for hydroxylation is 1. The van der Waals surface area contributed by atoms with Crippen molar-refractivity contribution in [3.8, 4) is 0 Å². The molecule has 0 aliphatic heterocycles. The Balaban J connectivity index is 1.48. The van der Waals surface area contributed by atoms with E-state index in [1.54, 1.807) is 42.5 Å². The molecule has 0 radical (unpaired) electrons. The highest BCUT2D eigenvalue weighted by molar-refractivity contribution is 6.31. The fraction of sp³-hybridized carbons (Fsp3) is 0.407. The van der Waals surface area contributed by atoms with Gasteiger partial charge in [0.15, 0.2) is 0 Å². The first-order valence-electron chi connectivity index (χ1n) is 12.4. The van der Waals surface area contributed by atoms with Crippen molar-refractivity contribution in [3.05, 3.63) is 73.9 Å². The van der Waals surface area contributed by atoms with Gasteiger partial charge in [0.1, 0.15) is 6.54 Å². The third-order valence-electron chi connectivity index (χ3n) is 6.65. The summed E-state index contributed by atoms with van der Waals surface area (Å²) in [5.74, 6) is -0.394. The predicted octanol–water partition coefficient (Wildman–Crippen LogP) is 3.99. The number of aromatic nitrogens is 2. The third-order valence-corrected chi connectivity index (χ3v) is 7.05. The number of amides is 2. The molecule has 3 aromatic rings. The van der Waals surface area contributed by atoms with Crippen LogP contribution in [-0.2, 0) is 22.7 Å². The van der Waals surface area contributed by atoms with Gasteiger partial charge in [-0.25, -0.2) is 4.79 Å². The summed E-state index contributed by atoms with van der Waals surface area (Å²) in [4.78, 5) is 51.3. The lowest BCUT2D eigenvalue weighted by molar-refractivity contribution is -0.122. The molecule has 0 unspecified atom stereocenters. The summed E-state index contributed by atoms with van der Waals surface area (Å²) in [5, 5.41) is 6.71. The molecule has 0 spiro atoms. The van der Waals surface area contributed by atoms with Crippen LogP contribution in [0.1, 0.15) is 50.5 Å². The summed E-state index contributed by atoms with van der Waals surface area (Å²) in [7, 11) is 0. The lowest BCUT2D eigenvalue weighted by Crippen LogP contribution is -2.41. The van der Waals surface area contributed by atoms with Crippen LogP contribution in [0.2, 0.25) is 5.02 Å². The molecular weight excluding hydrogens is 480 g/mol. The highest BCUT2D eigenvalue weighted by atomic mass is 35.5. The van der Waals surface area contributed by atoms with Crippen molar-refractivity contribution in [2.75, 3.05) is 5.32 Å². The highest BCUT2D eigenvalue weighted by Gasteiger charge is 2.18. The van der Waals surface area contributed by atoms with Crippen molar-refractivity contribution in [1.29, 1.82) is 0 Å². The predicted molar refractivity (Wildman–Crippen MR) is 142 cm³/mol. The molecule has 4 rings (SSSR count). The van der Waals surface area contributed by atoms with Crippen molar-refractivity contribution in [3.63, 3.8) is 0 Å². The number of fused-ring (bicyclic) bond motifs is 1. The van der Waals surface area contributed by atoms with Gasteiger partial charge in [-0.3, -0.25) is 23.5 Å². The van der Waals surface area contributed by atoms with Crippen molar-refractivity contribution >= 4 is 40.0 Å². The van der Waals surface area contributed by atoms with Crippen LogP contribution in [0, 0.1) is 6.92 Å². The molecule has 1 aliphatic carbocycles. The third kappa shape index (κ3) is 6.05. The summed E-state index contributed by atoms with van der Waals surface area (Å²) < 4.78 is 2.47. The lowest BCUT2D eigenvalue weighted by Gasteiger charge is -2.15. The van der Waals surface area contributed by atoms with Gasteiger partial charge in [-0.05, 0) is 62.4 Å². The molecule has 190 valence electrons. The number of hydrogen-bond acceptors (Lipinski definition) is 4. The summed E-state index contributed by atoms with van der Waals surface area (Å²) in [6.45, 7) is 1.79. The standard InChI is InChI=1S/C27H31ClN4O4/c1-18-13-14-20(16-22(18)28)30-25(34)17-32-23-11-5-4-10-21(23)26(35)31(27(32)36)15-7-6-12-24(33)29-19-8-2-3-9-19/h4-5,10-11,13-14,16,19H,2-3,6-9,12,15,17H2,1H3,(H,29,33)(H,30,34). The average Bonchev–Trinajstić information content (AvgIpc) is 3.36. The summed E-state index contributed by atoms with van der Waals surface area (Å²) >= 11 is 6.15. The van der Waals surface area contributed by atoms with Crippen molar-refractivity contribution < 1.29 is 9.59 Å². The Bertz CT molecular complexity index is 1390. The number of unbranched alkanes of at least 4 members (excludes halogenated alkanes) is 1. The molecule has 36 heavy (non-hydrogen) atoms. The zero-order chi connectivity index (χ0) is 25.7. The van der Waals surface area contributed by atoms with Gasteiger partial charge in [0.05, 0.1) is 10.9 Å². The maximum atomic E-state index is 13.3. The normalized spacial score (nSPS) is 13.7. The molecule has 0 saturated heterocycles. The lowest BCUT2D eigenvalue weighted by atomic mass is 10.2. The van der Waals surface area contributed by atoms with Gasteiger partial charge in [-0.2, -0.15) is 0 Å². The van der Waals surface area contributed by atoms with E-state index in [0.29, 0.717) is 40.9 Å². The maximum Gasteiger partial charge on any atom is 0.331 e. The van der Waals surface area contributed by atoms with Crippen LogP contribution < -0.4 is 21.9 Å². The zero-order valence-electron chi connectivity index (χ0n) is 20.4. The van der Waals surface area contributed by atoms with Crippen molar-refractivity contribution in [1.82, 2.24) is 14.5 Å². The van der Waals surface area contributed by atoms with Gasteiger partial charge in [-0.1, -0.05) is 42.6 Å². The summed E-state index contributed by atoms with van der Waals surface area (Å²) in [6, 6.07) is 12.2. The largest absolute Gasteiger partial charge is 0.353 e. The number of halogens is 1. The smallest absolute Gasteiger partial charge is 0.331 e. The monoisotopic (exact) mass is 510 g/mol. The molecule has 8 nitrogen and oxygen atoms in total. The Morgan fingerprint density at radius 1 is 1.00 bits per heavy atom. The van der Waals surface area contributed by atoms with E-state index in [0.717, 1.165) is 35.8 Å². The van der Waals surface area contributed by atoms with E-state index in [-0.39, 0.29) is 25.0 Å². The van der Waals surface area contributed by atoms with E-state index >= 15 is 0 Å². The van der Waals surface area contributed by atoms with Gasteiger partial charge in [-0.15, -0.1) is 0 Å². The fourth-order valence-electron chi connectivity index (χ4n) is 4.66. The second-order valence-corrected chi connectivity index (χ2v) is 9.77. The maximum absolute atomic E-state index is 13.3. The number of para-hydroxylation sites is 1. The highest BCUT2D eigenvalue weighted by Crippen LogP contribution is 2.20. The van der Waals surface area contributed by atoms with Crippen LogP contribution in [0.15, 0.2) is 52.1 Å². The molecule has 2 amide bonds. The van der Waals surface area contributed by atoms with Gasteiger partial charge in [0, 0.05) is 29.7 Å². The van der Waals surface area contributed by atoms with E-state index in [1.807, 2.05) is 6.92 Å². The molecule has 1 heterocycles. The number of hydrogen-bond donors (Lipinski definition) is 2. The number of nitrogens with zero attached hydrogens (tertiary/aromatic N) is 2. The number of anilines is 1. The number of nitrogens with one attached hydrogen (secondary N) is 2. The number of carbonyl (C=O) groups excluding carboxylic acids is 2. The Morgan fingerprint density at radius 2 is 1.75 bits per heavy atom. The molecule has 1 fully saturated rings. The first-order chi connectivity index (χ1) is 17.3. The SMILES string of the molecule is Cc1ccc(NC(=O)Cn2c(=O)n(CCCCC(=O)NC3CCCC3)c(=O)c3ccccc32)cc1Cl. The van der Waals surface area contributed by atoms with Gasteiger partial charge in [0.25, 0.3) is 5.56 Å². The number of carbonyl (C=O) groups is 2. The van der Waals surface area contributed by atoms with Gasteiger partial charge >= 0.3 is 5.69 Å². The molecule has 2 N–H and O–H groups in total. The van der Waals surface area contributed by atoms with E-state index in [9.17, 15) is 19.2 Å². The quantitative estimate of drug-likeness (QED) is 0.425. The van der Waals surface area contributed by atoms with Crippen LogP contribution >= 0.6 is 11.6 Å². The zero-order valence-corrected chi connectivity index (χ0v) is 21.1. The summed E-state index contributed by atoms with van der Waals surface area (Å²) in [5.41, 5.74) is 0.869. The second kappa shape index (κ2) is 11.6. The van der Waals surface area contributed by atoms with Crippen LogP contribution in [0.25, 0.3) is 10.9 Å². The minimum absolute atomic E-state index is 0.0121. The first-order valence-corrected chi connectivity index (χ1v) is 12.8. The molecule has 1 saturated carbocycles. The Hall–Kier alpha value is -3.39. The number of benzene rings is 2. The van der Waals surface area contributed by atoms with Crippen molar-refractivity contribution in [2.24, 2.45) is 0 Å². The fourth-order valence-corrected chi connectivity index (χ4v) is 4.84. The Kier molecular flexibility index (Phi) is 8.25. The number of rotatable bonds is 9. The first kappa shape index (κ1) is 25.7.